The van der Waals surface area contributed by atoms with E-state index in [1.54, 1.807) is 0 Å². The van der Waals surface area contributed by atoms with E-state index < -0.39 is 0 Å². The Hall–Kier alpha value is -1.60. The molecule has 0 heterocycles. The van der Waals surface area contributed by atoms with Crippen LogP contribution in [0, 0.1) is 0 Å². The lowest BCUT2D eigenvalue weighted by atomic mass is 9.68. The molecular weight excluding hydrogens is 254 g/mol. The first kappa shape index (κ1) is 15.8. The van der Waals surface area contributed by atoms with Gasteiger partial charge in [0, 0.05) is 17.4 Å². The van der Waals surface area contributed by atoms with Gasteiger partial charge in [-0.3, -0.25) is 0 Å². The van der Waals surface area contributed by atoms with Crippen molar-refractivity contribution >= 4 is 0 Å². The van der Waals surface area contributed by atoms with Crippen molar-refractivity contribution in [3.63, 3.8) is 0 Å². The van der Waals surface area contributed by atoms with Crippen molar-refractivity contribution in [3.05, 3.63) is 71.8 Å². The van der Waals surface area contributed by atoms with E-state index in [0.29, 0.717) is 11.8 Å². The maximum absolute atomic E-state index is 6.89. The molecule has 2 unspecified atom stereocenters. The zero-order chi connectivity index (χ0) is 15.3. The fourth-order valence-electron chi connectivity index (χ4n) is 3.68. The van der Waals surface area contributed by atoms with E-state index in [2.05, 4.69) is 81.4 Å². The number of rotatable bonds is 6. The molecule has 0 saturated carbocycles. The van der Waals surface area contributed by atoms with Crippen molar-refractivity contribution in [3.8, 4) is 0 Å². The second-order valence-electron chi connectivity index (χ2n) is 6.11. The third-order valence-corrected chi connectivity index (χ3v) is 4.72. The van der Waals surface area contributed by atoms with E-state index in [1.165, 1.54) is 11.1 Å². The third-order valence-electron chi connectivity index (χ3n) is 4.72. The summed E-state index contributed by atoms with van der Waals surface area (Å²) in [5.74, 6) is 0.729. The first-order valence-electron chi connectivity index (χ1n) is 8.00. The van der Waals surface area contributed by atoms with Gasteiger partial charge in [0.25, 0.3) is 0 Å². The fraction of sp³-hybridized carbons (Fsp3) is 0.400. The first-order valence-corrected chi connectivity index (χ1v) is 8.00. The van der Waals surface area contributed by atoms with Gasteiger partial charge >= 0.3 is 0 Å². The largest absolute Gasteiger partial charge is 0.324 e. The molecule has 0 aliphatic rings. The molecule has 21 heavy (non-hydrogen) atoms. The minimum Gasteiger partial charge on any atom is -0.324 e. The van der Waals surface area contributed by atoms with Crippen LogP contribution in [0.2, 0.25) is 0 Å². The van der Waals surface area contributed by atoms with Gasteiger partial charge in [0.1, 0.15) is 0 Å². The minimum absolute atomic E-state index is 0.258. The highest BCUT2D eigenvalue weighted by Gasteiger charge is 2.37. The van der Waals surface area contributed by atoms with Crippen LogP contribution in [-0.2, 0) is 0 Å². The normalized spacial score (nSPS) is 17.0. The predicted octanol–water partition coefficient (Wildman–Crippen LogP) is 5.09. The Morgan fingerprint density at radius 3 is 1.38 bits per heavy atom. The van der Waals surface area contributed by atoms with Crippen LogP contribution in [0.15, 0.2) is 60.7 Å². The van der Waals surface area contributed by atoms with Gasteiger partial charge in [-0.05, 0) is 30.9 Å². The molecule has 0 fully saturated rings. The number of hydrogen-bond acceptors (Lipinski definition) is 1. The quantitative estimate of drug-likeness (QED) is 0.784. The van der Waals surface area contributed by atoms with Gasteiger partial charge in [-0.25, -0.2) is 0 Å². The van der Waals surface area contributed by atoms with E-state index in [1.807, 2.05) is 0 Å². The molecule has 0 aromatic heterocycles. The lowest BCUT2D eigenvalue weighted by Gasteiger charge is -2.41. The van der Waals surface area contributed by atoms with Crippen LogP contribution < -0.4 is 5.73 Å². The Morgan fingerprint density at radius 2 is 1.10 bits per heavy atom. The summed E-state index contributed by atoms with van der Waals surface area (Å²) in [6.45, 7) is 6.69. The Bertz CT molecular complexity index is 481. The molecule has 0 bridgehead atoms. The molecule has 0 aliphatic carbocycles. The summed E-state index contributed by atoms with van der Waals surface area (Å²) >= 11 is 0. The average Bonchev–Trinajstić information content (AvgIpc) is 2.50. The summed E-state index contributed by atoms with van der Waals surface area (Å²) in [5, 5.41) is 0. The van der Waals surface area contributed by atoms with E-state index in [0.717, 1.165) is 12.8 Å². The summed E-state index contributed by atoms with van der Waals surface area (Å²) < 4.78 is 0. The van der Waals surface area contributed by atoms with Crippen molar-refractivity contribution < 1.29 is 0 Å². The molecule has 2 aromatic carbocycles. The Labute approximate surface area is 129 Å². The molecule has 0 aliphatic heterocycles. The monoisotopic (exact) mass is 281 g/mol. The minimum atomic E-state index is -0.258. The topological polar surface area (TPSA) is 26.0 Å². The Morgan fingerprint density at radius 1 is 0.762 bits per heavy atom. The van der Waals surface area contributed by atoms with Crippen LogP contribution in [0.4, 0.5) is 0 Å². The van der Waals surface area contributed by atoms with Crippen LogP contribution in [0.1, 0.15) is 56.6 Å². The molecule has 112 valence electrons. The van der Waals surface area contributed by atoms with Crippen molar-refractivity contribution in [2.24, 2.45) is 5.73 Å². The van der Waals surface area contributed by atoms with Crippen molar-refractivity contribution in [2.75, 3.05) is 0 Å². The van der Waals surface area contributed by atoms with E-state index in [9.17, 15) is 0 Å². The van der Waals surface area contributed by atoms with Gasteiger partial charge < -0.3 is 5.73 Å². The molecule has 2 aromatic rings. The van der Waals surface area contributed by atoms with E-state index in [-0.39, 0.29) is 5.54 Å². The standard InChI is InChI=1S/C20H27N/c1-4-18(16-12-8-6-9-13-16)20(3,21)19(5-2)17-14-10-7-11-15-17/h6-15,18-19H,4-5,21H2,1-3H3. The lowest BCUT2D eigenvalue weighted by Crippen LogP contribution is -2.48. The molecule has 2 rings (SSSR count). The zero-order valence-corrected chi connectivity index (χ0v) is 13.4. The Kier molecular flexibility index (Phi) is 5.19. The van der Waals surface area contributed by atoms with Gasteiger partial charge in [0.2, 0.25) is 0 Å². The molecule has 0 radical (unpaired) electrons. The second-order valence-corrected chi connectivity index (χ2v) is 6.11. The molecule has 0 amide bonds. The molecule has 0 spiro atoms. The molecule has 1 nitrogen and oxygen atoms in total. The molecule has 1 heteroatoms. The summed E-state index contributed by atoms with van der Waals surface area (Å²) in [7, 11) is 0. The fourth-order valence-corrected chi connectivity index (χ4v) is 3.68. The number of nitrogens with two attached hydrogens (primary N) is 1. The maximum atomic E-state index is 6.89. The average molecular weight is 281 g/mol. The smallest absolute Gasteiger partial charge is 0.0264 e. The molecule has 2 N–H and O–H groups in total. The van der Waals surface area contributed by atoms with Gasteiger partial charge in [0.15, 0.2) is 0 Å². The predicted molar refractivity (Wildman–Crippen MR) is 91.5 cm³/mol. The highest BCUT2D eigenvalue weighted by Crippen LogP contribution is 2.41. The Balaban J connectivity index is 2.38. The maximum Gasteiger partial charge on any atom is 0.0264 e. The molecule has 2 atom stereocenters. The SMILES string of the molecule is CCC(c1ccccc1)C(C)(N)C(CC)c1ccccc1. The van der Waals surface area contributed by atoms with Crippen LogP contribution in [-0.4, -0.2) is 5.54 Å². The van der Waals surface area contributed by atoms with Crippen LogP contribution in [0.5, 0.6) is 0 Å². The summed E-state index contributed by atoms with van der Waals surface area (Å²) in [6, 6.07) is 21.4. The molecular formula is C20H27N. The van der Waals surface area contributed by atoms with Gasteiger partial charge in [-0.2, -0.15) is 0 Å². The van der Waals surface area contributed by atoms with Gasteiger partial charge in [-0.15, -0.1) is 0 Å². The molecule has 0 saturated heterocycles. The number of hydrogen-bond donors (Lipinski definition) is 1. The summed E-state index contributed by atoms with van der Waals surface area (Å²) in [5.41, 5.74) is 9.33. The van der Waals surface area contributed by atoms with Gasteiger partial charge in [0.05, 0.1) is 0 Å². The first-order chi connectivity index (χ1) is 10.1. The highest BCUT2D eigenvalue weighted by molar-refractivity contribution is 5.30. The van der Waals surface area contributed by atoms with Crippen molar-refractivity contribution in [2.45, 2.75) is 51.0 Å². The summed E-state index contributed by atoms with van der Waals surface area (Å²) in [6.07, 6.45) is 2.11. The van der Waals surface area contributed by atoms with Crippen molar-refractivity contribution in [1.82, 2.24) is 0 Å². The third kappa shape index (κ3) is 3.36. The van der Waals surface area contributed by atoms with E-state index in [4.69, 9.17) is 5.73 Å². The highest BCUT2D eigenvalue weighted by atomic mass is 14.8. The van der Waals surface area contributed by atoms with Crippen molar-refractivity contribution in [1.29, 1.82) is 0 Å². The number of benzene rings is 2. The van der Waals surface area contributed by atoms with Crippen LogP contribution in [0.25, 0.3) is 0 Å². The second kappa shape index (κ2) is 6.91. The van der Waals surface area contributed by atoms with Crippen LogP contribution >= 0.6 is 0 Å². The summed E-state index contributed by atoms with van der Waals surface area (Å²) in [4.78, 5) is 0. The van der Waals surface area contributed by atoms with E-state index >= 15 is 0 Å². The van der Waals surface area contributed by atoms with Crippen LogP contribution in [0.3, 0.4) is 0 Å². The van der Waals surface area contributed by atoms with Gasteiger partial charge in [-0.1, -0.05) is 74.5 Å². The zero-order valence-electron chi connectivity index (χ0n) is 13.4. The lowest BCUT2D eigenvalue weighted by molar-refractivity contribution is 0.295.